The fraction of sp³-hybridized carbons (Fsp3) is 0.571. The number of hydrogen-bond acceptors (Lipinski definition) is 3. The predicted molar refractivity (Wildman–Crippen MR) is 73.3 cm³/mol. The van der Waals surface area contributed by atoms with Gasteiger partial charge < -0.3 is 15.7 Å². The standard InChI is InChI=1S/C14H23FN2O/c1-9-6-13(17(5)8-14(3,4)18)11(10(2)16)7-12(9)15/h6-7,10,18H,8,16H2,1-5H3. The van der Waals surface area contributed by atoms with Gasteiger partial charge in [0.1, 0.15) is 5.82 Å². The number of rotatable bonds is 4. The number of nitrogens with zero attached hydrogens (tertiary/aromatic N) is 1. The normalized spacial score (nSPS) is 13.6. The van der Waals surface area contributed by atoms with Gasteiger partial charge in [-0.2, -0.15) is 0 Å². The van der Waals surface area contributed by atoms with Crippen molar-refractivity contribution in [1.29, 1.82) is 0 Å². The predicted octanol–water partition coefficient (Wildman–Crippen LogP) is 2.36. The lowest BCUT2D eigenvalue weighted by molar-refractivity contribution is 0.0886. The number of anilines is 1. The molecule has 0 aliphatic heterocycles. The van der Waals surface area contributed by atoms with Crippen molar-refractivity contribution in [3.8, 4) is 0 Å². The average Bonchev–Trinajstić information content (AvgIpc) is 2.18. The number of aliphatic hydroxyl groups is 1. The maximum absolute atomic E-state index is 13.6. The molecule has 0 spiro atoms. The maximum Gasteiger partial charge on any atom is 0.126 e. The molecule has 1 atom stereocenters. The third-order valence-corrected chi connectivity index (χ3v) is 2.83. The van der Waals surface area contributed by atoms with Crippen LogP contribution in [0.3, 0.4) is 0 Å². The Kier molecular flexibility index (Phi) is 4.35. The second kappa shape index (κ2) is 5.24. The zero-order valence-electron chi connectivity index (χ0n) is 11.8. The van der Waals surface area contributed by atoms with E-state index >= 15 is 0 Å². The highest BCUT2D eigenvalue weighted by molar-refractivity contribution is 5.56. The summed E-state index contributed by atoms with van der Waals surface area (Å²) in [5.41, 5.74) is 7.27. The van der Waals surface area contributed by atoms with Gasteiger partial charge in [0.2, 0.25) is 0 Å². The van der Waals surface area contributed by atoms with Crippen molar-refractivity contribution in [3.05, 3.63) is 29.1 Å². The fourth-order valence-electron chi connectivity index (χ4n) is 2.04. The maximum atomic E-state index is 13.6. The van der Waals surface area contributed by atoms with Crippen molar-refractivity contribution in [1.82, 2.24) is 0 Å². The van der Waals surface area contributed by atoms with Crippen molar-refractivity contribution in [2.75, 3.05) is 18.5 Å². The molecule has 0 fully saturated rings. The highest BCUT2D eigenvalue weighted by atomic mass is 19.1. The Bertz CT molecular complexity index is 425. The zero-order valence-corrected chi connectivity index (χ0v) is 11.8. The molecule has 4 heteroatoms. The van der Waals surface area contributed by atoms with E-state index in [-0.39, 0.29) is 11.9 Å². The molecule has 3 N–H and O–H groups in total. The van der Waals surface area contributed by atoms with E-state index in [4.69, 9.17) is 5.73 Å². The molecular weight excluding hydrogens is 231 g/mol. The smallest absolute Gasteiger partial charge is 0.126 e. The van der Waals surface area contributed by atoms with Gasteiger partial charge in [0, 0.05) is 25.3 Å². The molecule has 0 aromatic heterocycles. The Labute approximate surface area is 108 Å². The average molecular weight is 254 g/mol. The molecule has 0 radical (unpaired) electrons. The summed E-state index contributed by atoms with van der Waals surface area (Å²) in [5, 5.41) is 9.86. The minimum absolute atomic E-state index is 0.247. The molecule has 0 bridgehead atoms. The first-order valence-corrected chi connectivity index (χ1v) is 6.11. The molecule has 1 unspecified atom stereocenters. The first-order valence-electron chi connectivity index (χ1n) is 6.11. The zero-order chi connectivity index (χ0) is 14.1. The number of aryl methyl sites for hydroxylation is 1. The van der Waals surface area contributed by atoms with Crippen LogP contribution in [0.15, 0.2) is 12.1 Å². The van der Waals surface area contributed by atoms with Crippen molar-refractivity contribution >= 4 is 5.69 Å². The summed E-state index contributed by atoms with van der Waals surface area (Å²) in [6.07, 6.45) is 0. The monoisotopic (exact) mass is 254 g/mol. The topological polar surface area (TPSA) is 49.5 Å². The Morgan fingerprint density at radius 2 is 2.00 bits per heavy atom. The van der Waals surface area contributed by atoms with Crippen LogP contribution >= 0.6 is 0 Å². The quantitative estimate of drug-likeness (QED) is 0.867. The van der Waals surface area contributed by atoms with E-state index in [9.17, 15) is 9.50 Å². The third kappa shape index (κ3) is 3.68. The first kappa shape index (κ1) is 14.9. The number of nitrogens with two attached hydrogens (primary N) is 1. The van der Waals surface area contributed by atoms with E-state index in [1.807, 2.05) is 18.9 Å². The minimum atomic E-state index is -0.813. The van der Waals surface area contributed by atoms with Crippen LogP contribution in [0.1, 0.15) is 37.9 Å². The molecule has 0 aliphatic carbocycles. The molecule has 1 aromatic carbocycles. The molecular formula is C14H23FN2O. The summed E-state index contributed by atoms with van der Waals surface area (Å²) < 4.78 is 13.6. The minimum Gasteiger partial charge on any atom is -0.389 e. The van der Waals surface area contributed by atoms with Crippen molar-refractivity contribution in [2.45, 2.75) is 39.3 Å². The lowest BCUT2D eigenvalue weighted by atomic mass is 10.0. The molecule has 3 nitrogen and oxygen atoms in total. The van der Waals surface area contributed by atoms with Crippen molar-refractivity contribution in [3.63, 3.8) is 0 Å². The van der Waals surface area contributed by atoms with Gasteiger partial charge in [-0.1, -0.05) is 0 Å². The molecule has 0 saturated carbocycles. The molecule has 0 aliphatic rings. The Morgan fingerprint density at radius 3 is 2.44 bits per heavy atom. The van der Waals surface area contributed by atoms with Crippen LogP contribution in [0, 0.1) is 12.7 Å². The van der Waals surface area contributed by atoms with Crippen LogP contribution in [-0.4, -0.2) is 24.3 Å². The molecule has 0 amide bonds. The van der Waals surface area contributed by atoms with Gasteiger partial charge in [-0.25, -0.2) is 4.39 Å². The van der Waals surface area contributed by atoms with Crippen LogP contribution in [-0.2, 0) is 0 Å². The largest absolute Gasteiger partial charge is 0.389 e. The molecule has 1 rings (SSSR count). The molecule has 1 aromatic rings. The summed E-state index contributed by atoms with van der Waals surface area (Å²) in [6.45, 7) is 7.49. The SMILES string of the molecule is Cc1cc(N(C)CC(C)(C)O)c(C(C)N)cc1F. The second-order valence-electron chi connectivity index (χ2n) is 5.62. The summed E-state index contributed by atoms with van der Waals surface area (Å²) in [5.74, 6) is -0.247. The number of halogens is 1. The van der Waals surface area contributed by atoms with E-state index in [0.717, 1.165) is 11.3 Å². The van der Waals surface area contributed by atoms with Gasteiger partial charge in [-0.15, -0.1) is 0 Å². The van der Waals surface area contributed by atoms with Crippen LogP contribution in [0.5, 0.6) is 0 Å². The lowest BCUT2D eigenvalue weighted by Crippen LogP contribution is -2.37. The second-order valence-corrected chi connectivity index (χ2v) is 5.62. The Morgan fingerprint density at radius 1 is 1.44 bits per heavy atom. The van der Waals surface area contributed by atoms with Gasteiger partial charge in [-0.05, 0) is 51.0 Å². The van der Waals surface area contributed by atoms with E-state index < -0.39 is 5.60 Å². The van der Waals surface area contributed by atoms with E-state index in [1.165, 1.54) is 6.07 Å². The van der Waals surface area contributed by atoms with Crippen LogP contribution in [0.4, 0.5) is 10.1 Å². The van der Waals surface area contributed by atoms with Crippen molar-refractivity contribution < 1.29 is 9.50 Å². The van der Waals surface area contributed by atoms with E-state index in [0.29, 0.717) is 12.1 Å². The van der Waals surface area contributed by atoms with Crippen LogP contribution in [0.25, 0.3) is 0 Å². The van der Waals surface area contributed by atoms with Crippen LogP contribution in [0.2, 0.25) is 0 Å². The van der Waals surface area contributed by atoms with Gasteiger partial charge in [0.05, 0.1) is 5.60 Å². The number of hydrogen-bond donors (Lipinski definition) is 2. The molecule has 0 heterocycles. The summed E-state index contributed by atoms with van der Waals surface area (Å²) in [7, 11) is 1.87. The first-order chi connectivity index (χ1) is 8.11. The van der Waals surface area contributed by atoms with Gasteiger partial charge in [0.25, 0.3) is 0 Å². The van der Waals surface area contributed by atoms with E-state index in [2.05, 4.69) is 0 Å². The molecule has 0 saturated heterocycles. The van der Waals surface area contributed by atoms with Crippen LogP contribution < -0.4 is 10.6 Å². The summed E-state index contributed by atoms with van der Waals surface area (Å²) >= 11 is 0. The fourth-order valence-corrected chi connectivity index (χ4v) is 2.04. The summed E-state index contributed by atoms with van der Waals surface area (Å²) in [6, 6.07) is 3.01. The lowest BCUT2D eigenvalue weighted by Gasteiger charge is -2.30. The highest BCUT2D eigenvalue weighted by Gasteiger charge is 2.20. The Hall–Kier alpha value is -1.13. The third-order valence-electron chi connectivity index (χ3n) is 2.83. The molecule has 18 heavy (non-hydrogen) atoms. The molecule has 102 valence electrons. The number of likely N-dealkylation sites (N-methyl/N-ethyl adjacent to an activating group) is 1. The van der Waals surface area contributed by atoms with Gasteiger partial charge in [0.15, 0.2) is 0 Å². The Balaban J connectivity index is 3.17. The number of benzene rings is 1. The van der Waals surface area contributed by atoms with Crippen molar-refractivity contribution in [2.24, 2.45) is 5.73 Å². The highest BCUT2D eigenvalue weighted by Crippen LogP contribution is 2.28. The van der Waals surface area contributed by atoms with Gasteiger partial charge in [-0.3, -0.25) is 0 Å². The van der Waals surface area contributed by atoms with E-state index in [1.54, 1.807) is 26.8 Å². The summed E-state index contributed by atoms with van der Waals surface area (Å²) in [4.78, 5) is 1.91. The van der Waals surface area contributed by atoms with Gasteiger partial charge >= 0.3 is 0 Å².